The van der Waals surface area contributed by atoms with Gasteiger partial charge >= 0.3 is 0 Å². The Hall–Kier alpha value is -1.94. The molecule has 26 heavy (non-hydrogen) atoms. The lowest BCUT2D eigenvalue weighted by Crippen LogP contribution is -2.28. The second-order valence-electron chi connectivity index (χ2n) is 7.00. The van der Waals surface area contributed by atoms with Gasteiger partial charge in [0.05, 0.1) is 18.9 Å². The van der Waals surface area contributed by atoms with Gasteiger partial charge in [-0.05, 0) is 67.6 Å². The van der Waals surface area contributed by atoms with Gasteiger partial charge in [-0.2, -0.15) is 0 Å². The van der Waals surface area contributed by atoms with Crippen LogP contribution >= 0.6 is 11.8 Å². The van der Waals surface area contributed by atoms with E-state index in [-0.39, 0.29) is 11.9 Å². The van der Waals surface area contributed by atoms with Gasteiger partial charge in [-0.3, -0.25) is 4.79 Å². The highest BCUT2D eigenvalue weighted by Crippen LogP contribution is 2.32. The van der Waals surface area contributed by atoms with Crippen molar-refractivity contribution < 1.29 is 9.53 Å². The summed E-state index contributed by atoms with van der Waals surface area (Å²) in [6.07, 6.45) is 0. The van der Waals surface area contributed by atoms with E-state index in [0.717, 1.165) is 21.8 Å². The van der Waals surface area contributed by atoms with Crippen LogP contribution in [0, 0.1) is 13.8 Å². The molecule has 3 nitrogen and oxygen atoms in total. The van der Waals surface area contributed by atoms with Crippen LogP contribution in [0.3, 0.4) is 0 Å². The predicted octanol–water partition coefficient (Wildman–Crippen LogP) is 5.40. The number of ether oxygens (including phenoxy) is 1. The second-order valence-corrected chi connectivity index (χ2v) is 8.05. The molecule has 0 spiro atoms. The summed E-state index contributed by atoms with van der Waals surface area (Å²) in [7, 11) is 1.70. The maximum atomic E-state index is 12.4. The Morgan fingerprint density at radius 2 is 1.73 bits per heavy atom. The van der Waals surface area contributed by atoms with E-state index in [1.807, 2.05) is 6.92 Å². The van der Waals surface area contributed by atoms with E-state index >= 15 is 0 Å². The molecule has 0 radical (unpaired) electrons. The van der Waals surface area contributed by atoms with Crippen LogP contribution in [-0.4, -0.2) is 18.8 Å². The molecule has 2 rings (SSSR count). The van der Waals surface area contributed by atoms with E-state index in [9.17, 15) is 4.79 Å². The Bertz CT molecular complexity index is 753. The molecule has 0 fully saturated rings. The van der Waals surface area contributed by atoms with Gasteiger partial charge in [0.15, 0.2) is 0 Å². The molecular formula is C22H29NO2S. The number of benzene rings is 2. The molecule has 1 atom stereocenters. The van der Waals surface area contributed by atoms with Crippen molar-refractivity contribution in [3.8, 4) is 5.75 Å². The van der Waals surface area contributed by atoms with Crippen molar-refractivity contribution in [3.05, 3.63) is 58.7 Å². The van der Waals surface area contributed by atoms with Crippen molar-refractivity contribution >= 4 is 17.7 Å². The normalized spacial score (nSPS) is 12.1. The van der Waals surface area contributed by atoms with Crippen molar-refractivity contribution in [3.63, 3.8) is 0 Å². The van der Waals surface area contributed by atoms with E-state index in [1.54, 1.807) is 18.9 Å². The lowest BCUT2D eigenvalue weighted by Gasteiger charge is -2.21. The van der Waals surface area contributed by atoms with Crippen LogP contribution in [0.25, 0.3) is 0 Å². The average molecular weight is 372 g/mol. The molecule has 0 heterocycles. The zero-order valence-corrected chi connectivity index (χ0v) is 17.4. The fourth-order valence-corrected chi connectivity index (χ4v) is 3.66. The number of carbonyl (C=O) groups is 1. The monoisotopic (exact) mass is 371 g/mol. The van der Waals surface area contributed by atoms with Crippen LogP contribution in [0.1, 0.15) is 55.0 Å². The zero-order valence-electron chi connectivity index (χ0n) is 16.6. The number of nitrogens with one attached hydrogen (secondary N) is 1. The Morgan fingerprint density at radius 3 is 2.31 bits per heavy atom. The molecule has 1 amide bonds. The molecule has 2 aromatic rings. The third-order valence-corrected chi connectivity index (χ3v) is 5.49. The number of thioether (sulfide) groups is 1. The van der Waals surface area contributed by atoms with E-state index in [0.29, 0.717) is 11.7 Å². The van der Waals surface area contributed by atoms with Gasteiger partial charge in [0, 0.05) is 4.90 Å². The molecule has 140 valence electrons. The minimum atomic E-state index is -0.0375. The summed E-state index contributed by atoms with van der Waals surface area (Å²) in [5.74, 6) is 1.74. The summed E-state index contributed by atoms with van der Waals surface area (Å²) in [4.78, 5) is 13.5. The van der Waals surface area contributed by atoms with E-state index in [4.69, 9.17) is 4.74 Å². The molecule has 0 aromatic heterocycles. The number of aryl methyl sites for hydroxylation is 2. The first-order valence-electron chi connectivity index (χ1n) is 8.99. The van der Waals surface area contributed by atoms with Crippen molar-refractivity contribution in [1.29, 1.82) is 0 Å². The molecule has 1 N–H and O–H groups in total. The molecule has 0 aliphatic rings. The summed E-state index contributed by atoms with van der Waals surface area (Å²) in [5.41, 5.74) is 4.67. The van der Waals surface area contributed by atoms with Crippen molar-refractivity contribution in [2.24, 2.45) is 0 Å². The van der Waals surface area contributed by atoms with E-state index in [2.05, 4.69) is 69.4 Å². The lowest BCUT2D eigenvalue weighted by atomic mass is 9.93. The fraction of sp³-hybridized carbons (Fsp3) is 0.409. The molecule has 0 saturated carbocycles. The van der Waals surface area contributed by atoms with Gasteiger partial charge in [0.1, 0.15) is 5.75 Å². The third-order valence-electron chi connectivity index (χ3n) is 4.48. The first-order valence-corrected chi connectivity index (χ1v) is 9.97. The summed E-state index contributed by atoms with van der Waals surface area (Å²) < 4.78 is 5.51. The van der Waals surface area contributed by atoms with Crippen molar-refractivity contribution in [2.45, 2.75) is 51.5 Å². The Morgan fingerprint density at radius 1 is 1.08 bits per heavy atom. The number of hydrogen-bond donors (Lipinski definition) is 1. The standard InChI is InChI=1S/C22H29NO2S/c1-14(2)19-12-20(16(4)11-21(19)25-6)17(5)23-22(24)13-26-18-9-7-15(3)8-10-18/h7-12,14,17H,13H2,1-6H3,(H,23,24)/t17-/m1/s1. The van der Waals surface area contributed by atoms with Crippen LogP contribution in [0.2, 0.25) is 0 Å². The van der Waals surface area contributed by atoms with Crippen molar-refractivity contribution in [1.82, 2.24) is 5.32 Å². The minimum absolute atomic E-state index is 0.0375. The molecule has 4 heteroatoms. The van der Waals surface area contributed by atoms with Crippen LogP contribution in [0.15, 0.2) is 41.3 Å². The van der Waals surface area contributed by atoms with Crippen LogP contribution in [-0.2, 0) is 4.79 Å². The van der Waals surface area contributed by atoms with E-state index < -0.39 is 0 Å². The Balaban J connectivity index is 2.04. The highest BCUT2D eigenvalue weighted by Gasteiger charge is 2.17. The Labute approximate surface area is 161 Å². The number of methoxy groups -OCH3 is 1. The lowest BCUT2D eigenvalue weighted by molar-refractivity contribution is -0.119. The summed E-state index contributed by atoms with van der Waals surface area (Å²) >= 11 is 1.56. The van der Waals surface area contributed by atoms with E-state index in [1.165, 1.54) is 11.1 Å². The summed E-state index contributed by atoms with van der Waals surface area (Å²) in [6, 6.07) is 12.4. The number of amides is 1. The molecule has 0 aliphatic heterocycles. The Kier molecular flexibility index (Phi) is 7.15. The first-order chi connectivity index (χ1) is 12.3. The zero-order chi connectivity index (χ0) is 19.3. The highest BCUT2D eigenvalue weighted by atomic mass is 32.2. The molecule has 0 saturated heterocycles. The van der Waals surface area contributed by atoms with Gasteiger partial charge in [0.2, 0.25) is 5.91 Å². The maximum absolute atomic E-state index is 12.4. The van der Waals surface area contributed by atoms with Gasteiger partial charge in [-0.15, -0.1) is 11.8 Å². The molecule has 0 aliphatic carbocycles. The molecule has 2 aromatic carbocycles. The highest BCUT2D eigenvalue weighted by molar-refractivity contribution is 8.00. The van der Waals surface area contributed by atoms with Crippen molar-refractivity contribution in [2.75, 3.05) is 12.9 Å². The van der Waals surface area contributed by atoms with Gasteiger partial charge < -0.3 is 10.1 Å². The molecular weight excluding hydrogens is 342 g/mol. The maximum Gasteiger partial charge on any atom is 0.230 e. The van der Waals surface area contributed by atoms with Crippen LogP contribution in [0.4, 0.5) is 0 Å². The summed E-state index contributed by atoms with van der Waals surface area (Å²) in [5, 5.41) is 3.12. The van der Waals surface area contributed by atoms with Crippen LogP contribution in [0.5, 0.6) is 5.75 Å². The van der Waals surface area contributed by atoms with Gasteiger partial charge in [-0.1, -0.05) is 31.5 Å². The second kappa shape index (κ2) is 9.13. The fourth-order valence-electron chi connectivity index (χ4n) is 2.95. The first kappa shape index (κ1) is 20.4. The smallest absolute Gasteiger partial charge is 0.230 e. The van der Waals surface area contributed by atoms with Crippen LogP contribution < -0.4 is 10.1 Å². The molecule has 0 unspecified atom stereocenters. The summed E-state index contributed by atoms with van der Waals surface area (Å²) in [6.45, 7) is 10.5. The predicted molar refractivity (Wildman–Crippen MR) is 110 cm³/mol. The average Bonchev–Trinajstić information content (AvgIpc) is 2.60. The van der Waals surface area contributed by atoms with Gasteiger partial charge in [-0.25, -0.2) is 0 Å². The quantitative estimate of drug-likeness (QED) is 0.662. The van der Waals surface area contributed by atoms with Gasteiger partial charge in [0.25, 0.3) is 0 Å². The number of rotatable bonds is 7. The number of hydrogen-bond acceptors (Lipinski definition) is 3. The molecule has 0 bridgehead atoms. The third kappa shape index (κ3) is 5.28. The largest absolute Gasteiger partial charge is 0.496 e. The SMILES string of the molecule is COc1cc(C)c([C@@H](C)NC(=O)CSc2ccc(C)cc2)cc1C(C)C. The topological polar surface area (TPSA) is 38.3 Å². The number of carbonyl (C=O) groups excluding carboxylic acids is 1. The minimum Gasteiger partial charge on any atom is -0.496 e.